The quantitative estimate of drug-likeness (QED) is 0.324. The van der Waals surface area contributed by atoms with Crippen molar-refractivity contribution in [1.82, 2.24) is 4.98 Å². The third kappa shape index (κ3) is 4.95. The molecule has 6 heteroatoms. The van der Waals surface area contributed by atoms with Gasteiger partial charge in [-0.25, -0.2) is 9.78 Å². The van der Waals surface area contributed by atoms with Crippen LogP contribution in [0.3, 0.4) is 0 Å². The van der Waals surface area contributed by atoms with Gasteiger partial charge in [-0.15, -0.1) is 11.3 Å². The van der Waals surface area contributed by atoms with Crippen LogP contribution in [0.2, 0.25) is 0 Å². The predicted molar refractivity (Wildman–Crippen MR) is 107 cm³/mol. The zero-order valence-electron chi connectivity index (χ0n) is 14.9. The number of carbonyl (C=O) groups is 1. The van der Waals surface area contributed by atoms with Crippen LogP contribution in [0.1, 0.15) is 10.6 Å². The van der Waals surface area contributed by atoms with Gasteiger partial charge in [0.15, 0.2) is 11.5 Å². The molecule has 0 saturated heterocycles. The lowest BCUT2D eigenvalue weighted by Gasteiger charge is -2.09. The first-order valence-electron chi connectivity index (χ1n) is 8.30. The molecule has 0 unspecified atom stereocenters. The van der Waals surface area contributed by atoms with Crippen LogP contribution in [0.4, 0.5) is 0 Å². The first kappa shape index (κ1) is 18.7. The number of thiazole rings is 1. The number of hydrogen-bond acceptors (Lipinski definition) is 6. The lowest BCUT2D eigenvalue weighted by atomic mass is 10.2. The SMILES string of the molecule is C=CCOc1ccc(/C=C/C(=O)OCc2nc3ccccc3s2)cc1OC. The fourth-order valence-electron chi connectivity index (χ4n) is 2.38. The van der Waals surface area contributed by atoms with Gasteiger partial charge in [-0.05, 0) is 35.9 Å². The minimum absolute atomic E-state index is 0.153. The molecule has 2 aromatic carbocycles. The minimum atomic E-state index is -0.430. The third-order valence-electron chi connectivity index (χ3n) is 3.63. The smallest absolute Gasteiger partial charge is 0.331 e. The van der Waals surface area contributed by atoms with E-state index in [1.165, 1.54) is 17.4 Å². The van der Waals surface area contributed by atoms with Crippen LogP contribution >= 0.6 is 11.3 Å². The number of methoxy groups -OCH3 is 1. The number of nitrogens with zero attached hydrogens (tertiary/aromatic N) is 1. The Morgan fingerprint density at radius 1 is 1.22 bits per heavy atom. The maximum absolute atomic E-state index is 12.0. The van der Waals surface area contributed by atoms with Crippen molar-refractivity contribution in [3.8, 4) is 11.5 Å². The fourth-order valence-corrected chi connectivity index (χ4v) is 3.26. The monoisotopic (exact) mass is 381 g/mol. The summed E-state index contributed by atoms with van der Waals surface area (Å²) in [5.41, 5.74) is 1.71. The molecule has 0 aliphatic heterocycles. The van der Waals surface area contributed by atoms with Crippen LogP contribution in [0.25, 0.3) is 16.3 Å². The number of ether oxygens (including phenoxy) is 3. The number of esters is 1. The van der Waals surface area contributed by atoms with E-state index >= 15 is 0 Å². The fraction of sp³-hybridized carbons (Fsp3) is 0.143. The van der Waals surface area contributed by atoms with Crippen LogP contribution in [0.5, 0.6) is 11.5 Å². The topological polar surface area (TPSA) is 57.7 Å². The maximum atomic E-state index is 12.0. The summed E-state index contributed by atoms with van der Waals surface area (Å²) in [5.74, 6) is 0.773. The first-order chi connectivity index (χ1) is 13.2. The second-order valence-corrected chi connectivity index (χ2v) is 6.64. The highest BCUT2D eigenvalue weighted by molar-refractivity contribution is 7.18. The highest BCUT2D eigenvalue weighted by Gasteiger charge is 2.07. The molecule has 0 atom stereocenters. The molecule has 1 aromatic heterocycles. The van der Waals surface area contributed by atoms with E-state index in [0.717, 1.165) is 20.8 Å². The third-order valence-corrected chi connectivity index (χ3v) is 4.64. The molecule has 0 bridgehead atoms. The zero-order chi connectivity index (χ0) is 19.1. The maximum Gasteiger partial charge on any atom is 0.331 e. The van der Waals surface area contributed by atoms with Crippen molar-refractivity contribution >= 4 is 33.6 Å². The van der Waals surface area contributed by atoms with Crippen molar-refractivity contribution in [2.24, 2.45) is 0 Å². The Hall–Kier alpha value is -3.12. The number of fused-ring (bicyclic) bond motifs is 1. The highest BCUT2D eigenvalue weighted by atomic mass is 32.1. The van der Waals surface area contributed by atoms with Crippen molar-refractivity contribution in [3.63, 3.8) is 0 Å². The van der Waals surface area contributed by atoms with Gasteiger partial charge in [0, 0.05) is 6.08 Å². The Morgan fingerprint density at radius 2 is 2.07 bits per heavy atom. The van der Waals surface area contributed by atoms with Crippen molar-refractivity contribution in [1.29, 1.82) is 0 Å². The molecule has 0 aliphatic carbocycles. The highest BCUT2D eigenvalue weighted by Crippen LogP contribution is 2.28. The molecular weight excluding hydrogens is 362 g/mol. The van der Waals surface area contributed by atoms with Crippen LogP contribution in [0.15, 0.2) is 61.2 Å². The van der Waals surface area contributed by atoms with E-state index in [9.17, 15) is 4.79 Å². The summed E-state index contributed by atoms with van der Waals surface area (Å²) < 4.78 is 17.2. The van der Waals surface area contributed by atoms with Gasteiger partial charge in [0.05, 0.1) is 17.3 Å². The largest absolute Gasteiger partial charge is 0.493 e. The molecule has 0 spiro atoms. The molecule has 0 N–H and O–H groups in total. The van der Waals surface area contributed by atoms with E-state index in [1.54, 1.807) is 31.4 Å². The average molecular weight is 381 g/mol. The zero-order valence-corrected chi connectivity index (χ0v) is 15.7. The van der Waals surface area contributed by atoms with Crippen LogP contribution in [-0.4, -0.2) is 24.7 Å². The van der Waals surface area contributed by atoms with E-state index in [2.05, 4.69) is 11.6 Å². The average Bonchev–Trinajstić information content (AvgIpc) is 3.12. The summed E-state index contributed by atoms with van der Waals surface area (Å²) >= 11 is 1.52. The van der Waals surface area contributed by atoms with E-state index in [4.69, 9.17) is 14.2 Å². The van der Waals surface area contributed by atoms with E-state index < -0.39 is 5.97 Å². The van der Waals surface area contributed by atoms with E-state index in [0.29, 0.717) is 18.1 Å². The summed E-state index contributed by atoms with van der Waals surface area (Å²) in [6.07, 6.45) is 4.71. The number of rotatable bonds is 8. The van der Waals surface area contributed by atoms with Crippen LogP contribution in [-0.2, 0) is 16.1 Å². The second-order valence-electron chi connectivity index (χ2n) is 5.53. The first-order valence-corrected chi connectivity index (χ1v) is 9.12. The molecule has 0 aliphatic rings. The summed E-state index contributed by atoms with van der Waals surface area (Å²) in [6.45, 7) is 4.16. The van der Waals surface area contributed by atoms with Gasteiger partial charge in [0.2, 0.25) is 0 Å². The van der Waals surface area contributed by atoms with Crippen molar-refractivity contribution in [3.05, 3.63) is 71.8 Å². The van der Waals surface area contributed by atoms with Gasteiger partial charge in [-0.2, -0.15) is 0 Å². The van der Waals surface area contributed by atoms with Crippen LogP contribution in [0, 0.1) is 0 Å². The molecule has 0 amide bonds. The summed E-state index contributed by atoms with van der Waals surface area (Å²) in [5, 5.41) is 0.767. The second kappa shape index (κ2) is 9.00. The standard InChI is InChI=1S/C21H19NO4S/c1-3-12-25-17-10-8-15(13-18(17)24-2)9-11-21(23)26-14-20-22-16-6-4-5-7-19(16)27-20/h3-11,13H,1,12,14H2,2H3/b11-9+. The molecule has 0 radical (unpaired) electrons. The Bertz CT molecular complexity index is 944. The summed E-state index contributed by atoms with van der Waals surface area (Å²) in [4.78, 5) is 16.4. The molecule has 3 aromatic rings. The van der Waals surface area contributed by atoms with Gasteiger partial charge in [0.1, 0.15) is 18.2 Å². The molecule has 0 fully saturated rings. The molecule has 138 valence electrons. The molecule has 1 heterocycles. The summed E-state index contributed by atoms with van der Waals surface area (Å²) in [7, 11) is 1.57. The van der Waals surface area contributed by atoms with Gasteiger partial charge in [0.25, 0.3) is 0 Å². The Kier molecular flexibility index (Phi) is 6.22. The molecule has 5 nitrogen and oxygen atoms in total. The van der Waals surface area contributed by atoms with Crippen molar-refractivity contribution in [2.75, 3.05) is 13.7 Å². The Morgan fingerprint density at radius 3 is 2.85 bits per heavy atom. The predicted octanol–water partition coefficient (Wildman–Crippen LogP) is 4.63. The molecule has 0 saturated carbocycles. The Labute approximate surface area is 161 Å². The van der Waals surface area contributed by atoms with E-state index in [1.807, 2.05) is 30.3 Å². The van der Waals surface area contributed by atoms with Gasteiger partial charge >= 0.3 is 5.97 Å². The lowest BCUT2D eigenvalue weighted by molar-refractivity contribution is -0.138. The molecule has 27 heavy (non-hydrogen) atoms. The van der Waals surface area contributed by atoms with Gasteiger partial charge in [-0.3, -0.25) is 0 Å². The van der Waals surface area contributed by atoms with E-state index in [-0.39, 0.29) is 6.61 Å². The van der Waals surface area contributed by atoms with Gasteiger partial charge in [-0.1, -0.05) is 30.9 Å². The Balaban J connectivity index is 1.59. The minimum Gasteiger partial charge on any atom is -0.493 e. The molecule has 3 rings (SSSR count). The summed E-state index contributed by atoms with van der Waals surface area (Å²) in [6, 6.07) is 13.2. The number of aromatic nitrogens is 1. The normalized spacial score (nSPS) is 10.9. The van der Waals surface area contributed by atoms with Crippen LogP contribution < -0.4 is 9.47 Å². The molecular formula is C21H19NO4S. The lowest BCUT2D eigenvalue weighted by Crippen LogP contribution is -2.00. The van der Waals surface area contributed by atoms with Gasteiger partial charge < -0.3 is 14.2 Å². The number of hydrogen-bond donors (Lipinski definition) is 0. The number of carbonyl (C=O) groups excluding carboxylic acids is 1. The number of benzene rings is 2. The van der Waals surface area contributed by atoms with Crippen molar-refractivity contribution < 1.29 is 19.0 Å². The number of para-hydroxylation sites is 1. The van der Waals surface area contributed by atoms with Crippen molar-refractivity contribution in [2.45, 2.75) is 6.61 Å².